The van der Waals surface area contributed by atoms with Crippen LogP contribution >= 0.6 is 0 Å². The largest absolute Gasteiger partial charge is 0.493 e. The number of ether oxygens (including phenoxy) is 3. The zero-order chi connectivity index (χ0) is 19.9. The second-order valence-electron chi connectivity index (χ2n) is 6.49. The zero-order valence-electron chi connectivity index (χ0n) is 16.5. The van der Waals surface area contributed by atoms with Crippen LogP contribution in [0.1, 0.15) is 18.4 Å². The Balaban J connectivity index is 1.68. The van der Waals surface area contributed by atoms with Gasteiger partial charge in [0.1, 0.15) is 0 Å². The summed E-state index contributed by atoms with van der Waals surface area (Å²) in [5.74, 6) is 1.36. The Kier molecular flexibility index (Phi) is 6.42. The first-order valence-corrected chi connectivity index (χ1v) is 9.29. The number of nitrogens with zero attached hydrogens (tertiary/aromatic N) is 1. The van der Waals surface area contributed by atoms with Crippen LogP contribution in [0, 0.1) is 0 Å². The van der Waals surface area contributed by atoms with Crippen molar-refractivity contribution in [2.24, 2.45) is 0 Å². The number of amides is 1. The van der Waals surface area contributed by atoms with Crippen molar-refractivity contribution in [2.45, 2.75) is 12.8 Å². The predicted octanol–water partition coefficient (Wildman–Crippen LogP) is 3.96. The van der Waals surface area contributed by atoms with Gasteiger partial charge in [-0.05, 0) is 55.3 Å². The van der Waals surface area contributed by atoms with Gasteiger partial charge in [-0.15, -0.1) is 0 Å². The molecule has 1 fully saturated rings. The molecule has 1 N–H and O–H groups in total. The van der Waals surface area contributed by atoms with Crippen molar-refractivity contribution in [3.05, 3.63) is 48.0 Å². The van der Waals surface area contributed by atoms with Crippen molar-refractivity contribution >= 4 is 23.4 Å². The van der Waals surface area contributed by atoms with Crippen molar-refractivity contribution in [3.63, 3.8) is 0 Å². The maximum Gasteiger partial charge on any atom is 0.248 e. The Morgan fingerprint density at radius 2 is 1.61 bits per heavy atom. The molecule has 2 aromatic carbocycles. The lowest BCUT2D eigenvalue weighted by molar-refractivity contribution is -0.111. The van der Waals surface area contributed by atoms with Crippen LogP contribution in [0.3, 0.4) is 0 Å². The fourth-order valence-electron chi connectivity index (χ4n) is 3.34. The normalized spacial score (nSPS) is 13.6. The SMILES string of the molecule is COc1ccc(/C=C/C(=O)Nc2ccc(N3CCCC3)cc2)c(OC)c1OC. The molecule has 1 amide bonds. The van der Waals surface area contributed by atoms with Gasteiger partial charge in [-0.2, -0.15) is 0 Å². The molecule has 0 spiro atoms. The van der Waals surface area contributed by atoms with E-state index in [1.807, 2.05) is 30.3 Å². The van der Waals surface area contributed by atoms with Crippen LogP contribution < -0.4 is 24.4 Å². The number of rotatable bonds is 7. The molecule has 2 aromatic rings. The van der Waals surface area contributed by atoms with Crippen LogP contribution in [0.25, 0.3) is 6.08 Å². The summed E-state index contributed by atoms with van der Waals surface area (Å²) in [5, 5.41) is 2.88. The Hall–Kier alpha value is -3.15. The first-order chi connectivity index (χ1) is 13.7. The summed E-state index contributed by atoms with van der Waals surface area (Å²) in [6.45, 7) is 2.20. The number of methoxy groups -OCH3 is 3. The number of hydrogen-bond donors (Lipinski definition) is 1. The maximum atomic E-state index is 12.3. The third kappa shape index (κ3) is 4.39. The molecule has 6 heteroatoms. The molecule has 0 bridgehead atoms. The summed E-state index contributed by atoms with van der Waals surface area (Å²) in [4.78, 5) is 14.7. The van der Waals surface area contributed by atoms with Crippen LogP contribution in [0.2, 0.25) is 0 Å². The third-order valence-corrected chi connectivity index (χ3v) is 4.75. The first kappa shape index (κ1) is 19.6. The molecule has 0 aromatic heterocycles. The predicted molar refractivity (Wildman–Crippen MR) is 112 cm³/mol. The quantitative estimate of drug-likeness (QED) is 0.735. The molecule has 6 nitrogen and oxygen atoms in total. The number of carbonyl (C=O) groups is 1. The monoisotopic (exact) mass is 382 g/mol. The van der Waals surface area contributed by atoms with E-state index in [1.165, 1.54) is 24.6 Å². The van der Waals surface area contributed by atoms with Gasteiger partial charge in [-0.25, -0.2) is 0 Å². The molecule has 0 aliphatic carbocycles. The van der Waals surface area contributed by atoms with Gasteiger partial charge in [0.05, 0.1) is 21.3 Å². The van der Waals surface area contributed by atoms with E-state index in [0.29, 0.717) is 17.2 Å². The number of carbonyl (C=O) groups excluding carboxylic acids is 1. The van der Waals surface area contributed by atoms with Gasteiger partial charge in [0.15, 0.2) is 11.5 Å². The topological polar surface area (TPSA) is 60.0 Å². The van der Waals surface area contributed by atoms with Crippen LogP contribution in [0.15, 0.2) is 42.5 Å². The lowest BCUT2D eigenvalue weighted by Crippen LogP contribution is -2.17. The molecule has 28 heavy (non-hydrogen) atoms. The molecule has 1 heterocycles. The minimum atomic E-state index is -0.217. The summed E-state index contributed by atoms with van der Waals surface area (Å²) >= 11 is 0. The molecule has 0 atom stereocenters. The van der Waals surface area contributed by atoms with Gasteiger partial charge < -0.3 is 24.4 Å². The van der Waals surface area contributed by atoms with Gasteiger partial charge >= 0.3 is 0 Å². The van der Waals surface area contributed by atoms with E-state index >= 15 is 0 Å². The van der Waals surface area contributed by atoms with Crippen LogP contribution in [-0.2, 0) is 4.79 Å². The summed E-state index contributed by atoms with van der Waals surface area (Å²) in [6, 6.07) is 11.5. The molecule has 1 saturated heterocycles. The van der Waals surface area contributed by atoms with Gasteiger partial charge in [-0.3, -0.25) is 4.79 Å². The van der Waals surface area contributed by atoms with Gasteiger partial charge in [0.25, 0.3) is 0 Å². The summed E-state index contributed by atoms with van der Waals surface area (Å²) < 4.78 is 16.1. The van der Waals surface area contributed by atoms with E-state index in [9.17, 15) is 4.79 Å². The highest BCUT2D eigenvalue weighted by molar-refractivity contribution is 6.02. The number of anilines is 2. The Morgan fingerprint density at radius 3 is 2.21 bits per heavy atom. The van der Waals surface area contributed by atoms with E-state index < -0.39 is 0 Å². The minimum Gasteiger partial charge on any atom is -0.493 e. The van der Waals surface area contributed by atoms with E-state index in [1.54, 1.807) is 33.5 Å². The fraction of sp³-hybridized carbons (Fsp3) is 0.318. The van der Waals surface area contributed by atoms with E-state index in [-0.39, 0.29) is 5.91 Å². The second kappa shape index (κ2) is 9.17. The van der Waals surface area contributed by atoms with Crippen molar-refractivity contribution in [3.8, 4) is 17.2 Å². The molecule has 0 radical (unpaired) electrons. The number of benzene rings is 2. The number of nitrogens with one attached hydrogen (secondary N) is 1. The van der Waals surface area contributed by atoms with Crippen molar-refractivity contribution in [1.29, 1.82) is 0 Å². The fourth-order valence-corrected chi connectivity index (χ4v) is 3.34. The summed E-state index contributed by atoms with van der Waals surface area (Å²) in [5.41, 5.74) is 2.68. The minimum absolute atomic E-state index is 0.217. The van der Waals surface area contributed by atoms with Crippen molar-refractivity contribution < 1.29 is 19.0 Å². The van der Waals surface area contributed by atoms with Crippen LogP contribution in [0.4, 0.5) is 11.4 Å². The molecular weight excluding hydrogens is 356 g/mol. The van der Waals surface area contributed by atoms with E-state index in [0.717, 1.165) is 24.3 Å². The van der Waals surface area contributed by atoms with Crippen LogP contribution in [0.5, 0.6) is 17.2 Å². The van der Waals surface area contributed by atoms with Crippen molar-refractivity contribution in [2.75, 3.05) is 44.6 Å². The lowest BCUT2D eigenvalue weighted by atomic mass is 10.1. The lowest BCUT2D eigenvalue weighted by Gasteiger charge is -2.17. The molecular formula is C22H26N2O4. The Labute approximate surface area is 165 Å². The third-order valence-electron chi connectivity index (χ3n) is 4.75. The second-order valence-corrected chi connectivity index (χ2v) is 6.49. The maximum absolute atomic E-state index is 12.3. The molecule has 1 aliphatic heterocycles. The highest BCUT2D eigenvalue weighted by atomic mass is 16.5. The van der Waals surface area contributed by atoms with E-state index in [4.69, 9.17) is 14.2 Å². The standard InChI is InChI=1S/C22H26N2O4/c1-26-19-12-6-16(21(27-2)22(19)28-3)7-13-20(25)23-17-8-10-18(11-9-17)24-14-4-5-15-24/h6-13H,4-5,14-15H2,1-3H3,(H,23,25)/b13-7+. The smallest absolute Gasteiger partial charge is 0.248 e. The average Bonchev–Trinajstić information content (AvgIpc) is 3.26. The molecule has 0 saturated carbocycles. The number of hydrogen-bond acceptors (Lipinski definition) is 5. The molecule has 1 aliphatic rings. The van der Waals surface area contributed by atoms with Crippen molar-refractivity contribution in [1.82, 2.24) is 0 Å². The van der Waals surface area contributed by atoms with Gasteiger partial charge in [0, 0.05) is 36.1 Å². The highest BCUT2D eigenvalue weighted by Gasteiger charge is 2.14. The van der Waals surface area contributed by atoms with Gasteiger partial charge in [-0.1, -0.05) is 0 Å². The summed E-state index contributed by atoms with van der Waals surface area (Å²) in [6.07, 6.45) is 5.64. The summed E-state index contributed by atoms with van der Waals surface area (Å²) in [7, 11) is 4.66. The average molecular weight is 382 g/mol. The molecule has 148 valence electrons. The Bertz CT molecular complexity index is 840. The highest BCUT2D eigenvalue weighted by Crippen LogP contribution is 2.40. The molecule has 3 rings (SSSR count). The first-order valence-electron chi connectivity index (χ1n) is 9.29. The zero-order valence-corrected chi connectivity index (χ0v) is 16.5. The van der Waals surface area contributed by atoms with Gasteiger partial charge in [0.2, 0.25) is 11.7 Å². The van der Waals surface area contributed by atoms with E-state index in [2.05, 4.69) is 10.2 Å². The Morgan fingerprint density at radius 1 is 0.929 bits per heavy atom. The van der Waals surface area contributed by atoms with Crippen LogP contribution in [-0.4, -0.2) is 40.3 Å². The molecule has 0 unspecified atom stereocenters.